The van der Waals surface area contributed by atoms with Gasteiger partial charge in [-0.15, -0.1) is 0 Å². The van der Waals surface area contributed by atoms with E-state index in [1.165, 1.54) is 6.92 Å². The van der Waals surface area contributed by atoms with Crippen molar-refractivity contribution >= 4 is 12.1 Å². The van der Waals surface area contributed by atoms with Crippen molar-refractivity contribution in [3.05, 3.63) is 35.9 Å². The molecule has 3 rings (SSSR count). The minimum Gasteiger partial charge on any atom is -0.460 e. The first-order chi connectivity index (χ1) is 11.1. The number of piperidine rings is 1. The van der Waals surface area contributed by atoms with Gasteiger partial charge in [0.05, 0.1) is 18.2 Å². The number of ether oxygens (including phenoxy) is 2. The molecule has 0 spiro atoms. The molecular formula is C17H21NO5. The first-order valence-corrected chi connectivity index (χ1v) is 7.90. The van der Waals surface area contributed by atoms with E-state index >= 15 is 0 Å². The molecule has 23 heavy (non-hydrogen) atoms. The quantitative estimate of drug-likeness (QED) is 0.861. The minimum absolute atomic E-state index is 0.184. The van der Waals surface area contributed by atoms with Crippen molar-refractivity contribution in [1.29, 1.82) is 0 Å². The van der Waals surface area contributed by atoms with Crippen molar-refractivity contribution in [1.82, 2.24) is 4.90 Å². The third-order valence-corrected chi connectivity index (χ3v) is 4.55. The molecular weight excluding hydrogens is 298 g/mol. The van der Waals surface area contributed by atoms with Gasteiger partial charge in [-0.3, -0.25) is 9.69 Å². The van der Waals surface area contributed by atoms with Crippen LogP contribution < -0.4 is 0 Å². The molecule has 124 valence electrons. The summed E-state index contributed by atoms with van der Waals surface area (Å²) < 4.78 is 10.7. The molecule has 2 bridgehead atoms. The summed E-state index contributed by atoms with van der Waals surface area (Å²) in [5.74, 6) is -0.366. The van der Waals surface area contributed by atoms with Crippen molar-refractivity contribution in [2.75, 3.05) is 0 Å². The molecule has 4 atom stereocenters. The van der Waals surface area contributed by atoms with Crippen LogP contribution in [-0.4, -0.2) is 46.4 Å². The molecule has 0 unspecified atom stereocenters. The first kappa shape index (κ1) is 15.8. The lowest BCUT2D eigenvalue weighted by Crippen LogP contribution is -2.51. The number of carbonyl (C=O) groups is 2. The van der Waals surface area contributed by atoms with Crippen molar-refractivity contribution in [2.24, 2.45) is 0 Å². The number of aliphatic hydroxyl groups is 1. The van der Waals surface area contributed by atoms with E-state index in [-0.39, 0.29) is 30.8 Å². The molecule has 1 aromatic rings. The molecule has 6 heteroatoms. The highest BCUT2D eigenvalue weighted by Gasteiger charge is 2.51. The van der Waals surface area contributed by atoms with Gasteiger partial charge in [0.1, 0.15) is 12.7 Å². The van der Waals surface area contributed by atoms with Crippen LogP contribution in [-0.2, 0) is 20.9 Å². The zero-order valence-corrected chi connectivity index (χ0v) is 13.1. The lowest BCUT2D eigenvalue weighted by atomic mass is 10.0. The van der Waals surface area contributed by atoms with E-state index in [4.69, 9.17) is 9.47 Å². The van der Waals surface area contributed by atoms with Gasteiger partial charge in [0.25, 0.3) is 0 Å². The number of fused-ring (bicyclic) bond motifs is 2. The molecule has 2 heterocycles. The van der Waals surface area contributed by atoms with Crippen LogP contribution >= 0.6 is 0 Å². The number of aliphatic hydroxyl groups excluding tert-OH is 1. The number of rotatable bonds is 3. The van der Waals surface area contributed by atoms with Gasteiger partial charge in [0.2, 0.25) is 0 Å². The van der Waals surface area contributed by atoms with Crippen LogP contribution in [0.3, 0.4) is 0 Å². The number of amides is 1. The Labute approximate surface area is 135 Å². The Balaban J connectivity index is 1.67. The number of hydrogen-bond acceptors (Lipinski definition) is 5. The number of carbonyl (C=O) groups excluding carboxylic acids is 2. The zero-order valence-electron chi connectivity index (χ0n) is 13.1. The van der Waals surface area contributed by atoms with Crippen LogP contribution in [0.2, 0.25) is 0 Å². The van der Waals surface area contributed by atoms with Crippen LogP contribution in [0.4, 0.5) is 4.79 Å². The average Bonchev–Trinajstić information content (AvgIpc) is 2.81. The van der Waals surface area contributed by atoms with Gasteiger partial charge in [-0.25, -0.2) is 4.79 Å². The second kappa shape index (κ2) is 6.58. The van der Waals surface area contributed by atoms with E-state index in [0.717, 1.165) is 5.56 Å². The van der Waals surface area contributed by atoms with Gasteiger partial charge in [-0.05, 0) is 18.4 Å². The summed E-state index contributed by atoms with van der Waals surface area (Å²) >= 11 is 0. The average molecular weight is 319 g/mol. The SMILES string of the molecule is CC(=O)O[C@H]1C[C@@H]2[C@@H](O)CC[C@H]1N2C(=O)OCc1ccccc1. The summed E-state index contributed by atoms with van der Waals surface area (Å²) in [7, 11) is 0. The van der Waals surface area contributed by atoms with E-state index in [1.807, 2.05) is 30.3 Å². The van der Waals surface area contributed by atoms with E-state index in [2.05, 4.69) is 0 Å². The molecule has 2 saturated heterocycles. The largest absolute Gasteiger partial charge is 0.460 e. The van der Waals surface area contributed by atoms with Gasteiger partial charge < -0.3 is 14.6 Å². The number of benzene rings is 1. The van der Waals surface area contributed by atoms with Crippen molar-refractivity contribution < 1.29 is 24.2 Å². The van der Waals surface area contributed by atoms with Gasteiger partial charge in [0.15, 0.2) is 0 Å². The molecule has 0 aliphatic carbocycles. The predicted octanol–water partition coefficient (Wildman–Crippen LogP) is 1.85. The summed E-state index contributed by atoms with van der Waals surface area (Å²) in [4.78, 5) is 25.3. The standard InChI is InChI=1S/C17H21NO5/c1-11(19)23-16-9-14-15(20)8-7-13(16)18(14)17(21)22-10-12-5-3-2-4-6-12/h2-6,13-16,20H,7-10H2,1H3/t13-,14-,15+,16+/m1/s1. The Morgan fingerprint density at radius 1 is 1.22 bits per heavy atom. The molecule has 6 nitrogen and oxygen atoms in total. The van der Waals surface area contributed by atoms with E-state index in [1.54, 1.807) is 4.90 Å². The Hall–Kier alpha value is -2.08. The fourth-order valence-corrected chi connectivity index (χ4v) is 3.54. The number of hydrogen-bond donors (Lipinski definition) is 1. The highest BCUT2D eigenvalue weighted by Crippen LogP contribution is 2.38. The molecule has 0 saturated carbocycles. The van der Waals surface area contributed by atoms with Crippen LogP contribution in [0.15, 0.2) is 30.3 Å². The second-order valence-corrected chi connectivity index (χ2v) is 6.11. The Bertz CT molecular complexity index is 576. The molecule has 1 N–H and O–H groups in total. The summed E-state index contributed by atoms with van der Waals surface area (Å²) in [5, 5.41) is 10.2. The smallest absolute Gasteiger partial charge is 0.410 e. The van der Waals surface area contributed by atoms with Gasteiger partial charge in [-0.1, -0.05) is 30.3 Å². The lowest BCUT2D eigenvalue weighted by molar-refractivity contribution is -0.147. The van der Waals surface area contributed by atoms with E-state index in [9.17, 15) is 14.7 Å². The van der Waals surface area contributed by atoms with E-state index < -0.39 is 12.2 Å². The number of esters is 1. The summed E-state index contributed by atoms with van der Waals surface area (Å²) in [6.07, 6.45) is 0.254. The van der Waals surface area contributed by atoms with Gasteiger partial charge in [0, 0.05) is 13.3 Å². The van der Waals surface area contributed by atoms with Crippen LogP contribution in [0.5, 0.6) is 0 Å². The lowest BCUT2D eigenvalue weighted by Gasteiger charge is -2.37. The second-order valence-electron chi connectivity index (χ2n) is 6.11. The summed E-state index contributed by atoms with van der Waals surface area (Å²) in [6, 6.07) is 8.87. The maximum absolute atomic E-state index is 12.5. The van der Waals surface area contributed by atoms with Crippen molar-refractivity contribution in [3.8, 4) is 0 Å². The maximum atomic E-state index is 12.5. The van der Waals surface area contributed by atoms with Crippen molar-refractivity contribution in [3.63, 3.8) is 0 Å². The van der Waals surface area contributed by atoms with Crippen LogP contribution in [0, 0.1) is 0 Å². The van der Waals surface area contributed by atoms with Gasteiger partial charge >= 0.3 is 12.1 Å². The molecule has 2 fully saturated rings. The third-order valence-electron chi connectivity index (χ3n) is 4.55. The third kappa shape index (κ3) is 3.32. The summed E-state index contributed by atoms with van der Waals surface area (Å²) in [5.41, 5.74) is 0.905. The van der Waals surface area contributed by atoms with Crippen LogP contribution in [0.1, 0.15) is 31.7 Å². The summed E-state index contributed by atoms with van der Waals surface area (Å²) in [6.45, 7) is 1.54. The van der Waals surface area contributed by atoms with E-state index in [0.29, 0.717) is 19.3 Å². The van der Waals surface area contributed by atoms with Crippen LogP contribution in [0.25, 0.3) is 0 Å². The molecule has 1 amide bonds. The normalized spacial score (nSPS) is 29.2. The minimum atomic E-state index is -0.601. The van der Waals surface area contributed by atoms with Crippen molar-refractivity contribution in [2.45, 2.75) is 57.1 Å². The monoisotopic (exact) mass is 319 g/mol. The first-order valence-electron chi connectivity index (χ1n) is 7.90. The Kier molecular flexibility index (Phi) is 4.52. The van der Waals surface area contributed by atoms with Gasteiger partial charge in [-0.2, -0.15) is 0 Å². The predicted molar refractivity (Wildman–Crippen MR) is 81.5 cm³/mol. The fraction of sp³-hybridized carbons (Fsp3) is 0.529. The Morgan fingerprint density at radius 3 is 2.65 bits per heavy atom. The topological polar surface area (TPSA) is 76.1 Å². The highest BCUT2D eigenvalue weighted by atomic mass is 16.6. The fourth-order valence-electron chi connectivity index (χ4n) is 3.54. The molecule has 2 aliphatic heterocycles. The zero-order chi connectivity index (χ0) is 16.4. The molecule has 0 aromatic heterocycles. The molecule has 2 aliphatic rings. The molecule has 1 aromatic carbocycles. The maximum Gasteiger partial charge on any atom is 0.410 e. The number of nitrogens with zero attached hydrogens (tertiary/aromatic N) is 1. The molecule has 0 radical (unpaired) electrons. The Morgan fingerprint density at radius 2 is 1.96 bits per heavy atom. The highest BCUT2D eigenvalue weighted by molar-refractivity contribution is 5.70.